The van der Waals surface area contributed by atoms with E-state index in [0.29, 0.717) is 52.8 Å². The molecule has 3 aromatic rings. The Hall–Kier alpha value is -3.87. The summed E-state index contributed by atoms with van der Waals surface area (Å²) in [6, 6.07) is 19.5. The van der Waals surface area contributed by atoms with Crippen LogP contribution in [0.5, 0.6) is 17.2 Å². The molecule has 0 aliphatic carbocycles. The average molecular weight is 374 g/mol. The highest BCUT2D eigenvalue weighted by atomic mass is 16.7. The summed E-state index contributed by atoms with van der Waals surface area (Å²) in [5.74, 6) is 1.06. The van der Waals surface area contributed by atoms with Gasteiger partial charge in [0.2, 0.25) is 0 Å². The molecule has 0 aliphatic rings. The maximum absolute atomic E-state index is 11.0. The summed E-state index contributed by atoms with van der Waals surface area (Å²) in [5, 5.41) is 0. The average Bonchev–Trinajstić information content (AvgIpc) is 2.74. The van der Waals surface area contributed by atoms with Crippen LogP contribution in [0, 0.1) is 0 Å². The predicted octanol–water partition coefficient (Wildman–Crippen LogP) is 3.65. The normalized spacial score (nSPS) is 9.86. The van der Waals surface area contributed by atoms with Crippen LogP contribution < -0.4 is 14.0 Å². The molecule has 3 aromatic carbocycles. The number of carbonyl (C=O) groups excluding carboxylic acids is 3. The molecule has 0 saturated heterocycles. The molecule has 6 nitrogen and oxygen atoms in total. The lowest BCUT2D eigenvalue weighted by Gasteiger charge is -2.17. The van der Waals surface area contributed by atoms with Crippen molar-refractivity contribution in [3.8, 4) is 17.2 Å². The Morgan fingerprint density at radius 2 is 0.857 bits per heavy atom. The molecule has 0 amide bonds. The highest BCUT2D eigenvalue weighted by Crippen LogP contribution is 2.20. The number of benzene rings is 3. The van der Waals surface area contributed by atoms with Crippen molar-refractivity contribution >= 4 is 26.2 Å². The molecular formula is C21H15BO6. The molecule has 7 heteroatoms. The van der Waals surface area contributed by atoms with Gasteiger partial charge in [0.1, 0.15) is 36.1 Å². The zero-order chi connectivity index (χ0) is 19.8. The first-order valence-electron chi connectivity index (χ1n) is 8.36. The van der Waals surface area contributed by atoms with Crippen molar-refractivity contribution in [3.05, 3.63) is 89.5 Å². The highest BCUT2D eigenvalue weighted by Gasteiger charge is 2.30. The number of rotatable bonds is 9. The third-order valence-corrected chi connectivity index (χ3v) is 3.68. The van der Waals surface area contributed by atoms with E-state index in [1.165, 1.54) is 18.2 Å². The summed E-state index contributed by atoms with van der Waals surface area (Å²) >= 11 is 0. The van der Waals surface area contributed by atoms with E-state index in [9.17, 15) is 14.4 Å². The van der Waals surface area contributed by atoms with E-state index in [-0.39, 0.29) is 0 Å². The fourth-order valence-corrected chi connectivity index (χ4v) is 2.39. The van der Waals surface area contributed by atoms with Crippen LogP contribution in [0.4, 0.5) is 0 Å². The summed E-state index contributed by atoms with van der Waals surface area (Å²) in [7, 11) is -1.23. The Morgan fingerprint density at radius 1 is 0.536 bits per heavy atom. The second-order valence-electron chi connectivity index (χ2n) is 5.71. The van der Waals surface area contributed by atoms with Crippen molar-refractivity contribution in [2.24, 2.45) is 0 Å². The van der Waals surface area contributed by atoms with Crippen molar-refractivity contribution in [2.45, 2.75) is 0 Å². The molecule has 0 heterocycles. The molecule has 28 heavy (non-hydrogen) atoms. The lowest BCUT2D eigenvalue weighted by Crippen LogP contribution is -2.37. The third-order valence-electron chi connectivity index (χ3n) is 3.68. The molecule has 0 aromatic heterocycles. The molecule has 0 radical (unpaired) electrons. The van der Waals surface area contributed by atoms with Gasteiger partial charge in [-0.25, -0.2) is 0 Å². The van der Waals surface area contributed by atoms with E-state index in [4.69, 9.17) is 14.0 Å². The maximum Gasteiger partial charge on any atom is 0.864 e. The van der Waals surface area contributed by atoms with Crippen molar-refractivity contribution in [1.82, 2.24) is 0 Å². The van der Waals surface area contributed by atoms with Gasteiger partial charge in [-0.3, -0.25) is 14.4 Å². The van der Waals surface area contributed by atoms with E-state index in [1.54, 1.807) is 54.6 Å². The highest BCUT2D eigenvalue weighted by molar-refractivity contribution is 6.39. The molecule has 138 valence electrons. The number of hydrogen-bond donors (Lipinski definition) is 0. The summed E-state index contributed by atoms with van der Waals surface area (Å²) in [4.78, 5) is 33.0. The van der Waals surface area contributed by atoms with E-state index in [2.05, 4.69) is 0 Å². The zero-order valence-electron chi connectivity index (χ0n) is 14.7. The Kier molecular flexibility index (Phi) is 6.20. The van der Waals surface area contributed by atoms with Crippen LogP contribution in [0.15, 0.2) is 72.8 Å². The second kappa shape index (κ2) is 9.18. The minimum absolute atomic E-state index is 0.354. The molecule has 0 atom stereocenters. The van der Waals surface area contributed by atoms with Gasteiger partial charge >= 0.3 is 7.32 Å². The van der Waals surface area contributed by atoms with Crippen LogP contribution in [0.1, 0.15) is 31.1 Å². The zero-order valence-corrected chi connectivity index (χ0v) is 14.7. The van der Waals surface area contributed by atoms with Crippen LogP contribution in [-0.4, -0.2) is 26.2 Å². The summed E-state index contributed by atoms with van der Waals surface area (Å²) in [6.45, 7) is 0. The van der Waals surface area contributed by atoms with Gasteiger partial charge in [0.25, 0.3) is 0 Å². The van der Waals surface area contributed by atoms with Gasteiger partial charge in [-0.15, -0.1) is 0 Å². The minimum atomic E-state index is -1.23. The lowest BCUT2D eigenvalue weighted by molar-refractivity contribution is 0.111. The second-order valence-corrected chi connectivity index (χ2v) is 5.71. The van der Waals surface area contributed by atoms with Crippen LogP contribution >= 0.6 is 0 Å². The first-order chi connectivity index (χ1) is 13.7. The van der Waals surface area contributed by atoms with E-state index in [1.807, 2.05) is 0 Å². The number of hydrogen-bond acceptors (Lipinski definition) is 6. The largest absolute Gasteiger partial charge is 0.864 e. The number of aldehydes is 3. The fraction of sp³-hybridized carbons (Fsp3) is 0. The maximum atomic E-state index is 11.0. The van der Waals surface area contributed by atoms with Gasteiger partial charge in [0.15, 0.2) is 0 Å². The van der Waals surface area contributed by atoms with Crippen LogP contribution in [-0.2, 0) is 0 Å². The van der Waals surface area contributed by atoms with E-state index >= 15 is 0 Å². The standard InChI is InChI=1S/C21H15BO6/c23-13-16-4-1-7-19(10-16)26-22(27-20-8-2-5-17(11-20)14-24)28-21-9-3-6-18(12-21)15-25/h1-15H. The molecule has 0 spiro atoms. The Balaban J connectivity index is 1.86. The van der Waals surface area contributed by atoms with Gasteiger partial charge in [-0.1, -0.05) is 36.4 Å². The van der Waals surface area contributed by atoms with Crippen molar-refractivity contribution in [3.63, 3.8) is 0 Å². The minimum Gasteiger partial charge on any atom is -0.490 e. The SMILES string of the molecule is O=Cc1cccc(OB(Oc2cccc(C=O)c2)Oc2cccc(C=O)c2)c1. The molecule has 0 saturated carbocycles. The summed E-state index contributed by atoms with van der Waals surface area (Å²) < 4.78 is 17.2. The van der Waals surface area contributed by atoms with Gasteiger partial charge in [0, 0.05) is 16.7 Å². The Labute approximate surface area is 161 Å². The molecule has 0 unspecified atom stereocenters. The third kappa shape index (κ3) is 5.08. The molecular weight excluding hydrogens is 359 g/mol. The topological polar surface area (TPSA) is 78.9 Å². The van der Waals surface area contributed by atoms with Crippen LogP contribution in [0.2, 0.25) is 0 Å². The molecule has 0 N–H and O–H groups in total. The van der Waals surface area contributed by atoms with Crippen LogP contribution in [0.3, 0.4) is 0 Å². The van der Waals surface area contributed by atoms with Gasteiger partial charge in [-0.2, -0.15) is 0 Å². The van der Waals surface area contributed by atoms with Crippen LogP contribution in [0.25, 0.3) is 0 Å². The van der Waals surface area contributed by atoms with Gasteiger partial charge in [-0.05, 0) is 36.4 Å². The quantitative estimate of drug-likeness (QED) is 0.420. The summed E-state index contributed by atoms with van der Waals surface area (Å²) in [5.41, 5.74) is 1.30. The van der Waals surface area contributed by atoms with Crippen molar-refractivity contribution < 1.29 is 28.3 Å². The van der Waals surface area contributed by atoms with E-state index in [0.717, 1.165) is 0 Å². The monoisotopic (exact) mass is 374 g/mol. The Morgan fingerprint density at radius 3 is 1.14 bits per heavy atom. The molecule has 0 aliphatic heterocycles. The first kappa shape index (κ1) is 18.9. The number of carbonyl (C=O) groups is 3. The molecule has 3 rings (SSSR count). The van der Waals surface area contributed by atoms with Gasteiger partial charge < -0.3 is 14.0 Å². The molecule has 0 fully saturated rings. The van der Waals surface area contributed by atoms with Crippen molar-refractivity contribution in [2.75, 3.05) is 0 Å². The smallest absolute Gasteiger partial charge is 0.490 e. The fourth-order valence-electron chi connectivity index (χ4n) is 2.39. The van der Waals surface area contributed by atoms with Crippen molar-refractivity contribution in [1.29, 1.82) is 0 Å². The molecule has 0 bridgehead atoms. The first-order valence-corrected chi connectivity index (χ1v) is 8.36. The Bertz CT molecular complexity index is 861. The predicted molar refractivity (Wildman–Crippen MR) is 103 cm³/mol. The summed E-state index contributed by atoms with van der Waals surface area (Å²) in [6.07, 6.45) is 2.10. The van der Waals surface area contributed by atoms with E-state index < -0.39 is 7.32 Å². The van der Waals surface area contributed by atoms with Gasteiger partial charge in [0.05, 0.1) is 0 Å². The lowest BCUT2D eigenvalue weighted by atomic mass is 10.1.